The third kappa shape index (κ3) is 3.46. The van der Waals surface area contributed by atoms with Crippen molar-refractivity contribution in [3.05, 3.63) is 58.3 Å². The SMILES string of the molecule is C/C=C(/C)C(=C(C)C)c1c[n+]2c3c([n+]4c(c2n1C)C(C(C)(C)C(C)(C)C)=CC4)CC(C)C=C3C. The van der Waals surface area contributed by atoms with Gasteiger partial charge in [0.05, 0.1) is 7.05 Å². The number of hydrogen-bond acceptors (Lipinski definition) is 0. The van der Waals surface area contributed by atoms with Crippen molar-refractivity contribution in [1.29, 1.82) is 0 Å². The zero-order chi connectivity index (χ0) is 25.3. The highest BCUT2D eigenvalue weighted by atomic mass is 15.2. The topological polar surface area (TPSA) is 12.9 Å². The quantitative estimate of drug-likeness (QED) is 0.351. The van der Waals surface area contributed by atoms with Crippen LogP contribution in [0.15, 0.2) is 35.6 Å². The molecule has 182 valence electrons. The lowest BCUT2D eigenvalue weighted by molar-refractivity contribution is -0.706. The summed E-state index contributed by atoms with van der Waals surface area (Å²) in [7, 11) is 2.26. The van der Waals surface area contributed by atoms with Gasteiger partial charge in [0.2, 0.25) is 11.4 Å². The van der Waals surface area contributed by atoms with Crippen molar-refractivity contribution in [3.8, 4) is 0 Å². The zero-order valence-electron chi connectivity index (χ0n) is 23.6. The summed E-state index contributed by atoms with van der Waals surface area (Å²) in [5.41, 5.74) is 14.0. The molecule has 1 atom stereocenters. The Hall–Kier alpha value is -2.42. The molecular weight excluding hydrogens is 414 g/mol. The molecule has 2 aliphatic rings. The van der Waals surface area contributed by atoms with E-state index in [0.29, 0.717) is 5.92 Å². The van der Waals surface area contributed by atoms with E-state index in [1.165, 1.54) is 56.3 Å². The molecule has 0 saturated heterocycles. The average molecular weight is 460 g/mol. The van der Waals surface area contributed by atoms with Gasteiger partial charge in [0.15, 0.2) is 12.2 Å². The number of rotatable bonds is 3. The minimum atomic E-state index is 0.0428. The highest BCUT2D eigenvalue weighted by Gasteiger charge is 2.49. The van der Waals surface area contributed by atoms with Crippen molar-refractivity contribution in [2.24, 2.45) is 23.8 Å². The Balaban J connectivity index is 2.18. The van der Waals surface area contributed by atoms with Crippen LogP contribution in [0.2, 0.25) is 0 Å². The van der Waals surface area contributed by atoms with Crippen LogP contribution in [0.1, 0.15) is 98.9 Å². The third-order valence-corrected chi connectivity index (χ3v) is 8.77. The molecule has 0 amide bonds. The van der Waals surface area contributed by atoms with Crippen molar-refractivity contribution in [2.45, 2.75) is 89.1 Å². The molecule has 0 N–H and O–H groups in total. The summed E-state index contributed by atoms with van der Waals surface area (Å²) < 4.78 is 7.59. The van der Waals surface area contributed by atoms with Crippen molar-refractivity contribution in [2.75, 3.05) is 0 Å². The summed E-state index contributed by atoms with van der Waals surface area (Å²) in [5, 5.41) is 0. The van der Waals surface area contributed by atoms with E-state index >= 15 is 0 Å². The summed E-state index contributed by atoms with van der Waals surface area (Å²) in [6.07, 6.45) is 10.7. The predicted octanol–water partition coefficient (Wildman–Crippen LogP) is 6.88. The molecule has 0 saturated carbocycles. The van der Waals surface area contributed by atoms with Gasteiger partial charge in [-0.15, -0.1) is 0 Å². The van der Waals surface area contributed by atoms with Crippen molar-refractivity contribution >= 4 is 22.4 Å². The van der Waals surface area contributed by atoms with E-state index in [1.807, 2.05) is 0 Å². The van der Waals surface area contributed by atoms with Crippen molar-refractivity contribution in [3.63, 3.8) is 0 Å². The molecular formula is C31H45N3+2. The Morgan fingerprint density at radius 3 is 2.29 bits per heavy atom. The van der Waals surface area contributed by atoms with Gasteiger partial charge in [0.1, 0.15) is 6.20 Å². The molecule has 0 fully saturated rings. The summed E-state index contributed by atoms with van der Waals surface area (Å²) in [5.74, 6) is 0.559. The smallest absolute Gasteiger partial charge is 0.220 e. The van der Waals surface area contributed by atoms with Gasteiger partial charge in [-0.05, 0) is 63.2 Å². The molecule has 4 rings (SSSR count). The first-order valence-electron chi connectivity index (χ1n) is 12.9. The van der Waals surface area contributed by atoms with E-state index in [1.54, 1.807) is 0 Å². The maximum atomic E-state index is 2.63. The highest BCUT2D eigenvalue weighted by Crippen LogP contribution is 2.49. The maximum absolute atomic E-state index is 2.63. The van der Waals surface area contributed by atoms with Gasteiger partial charge in [0.25, 0.3) is 5.69 Å². The van der Waals surface area contributed by atoms with Crippen molar-refractivity contribution < 1.29 is 8.97 Å². The second kappa shape index (κ2) is 8.07. The molecule has 3 heteroatoms. The fourth-order valence-electron chi connectivity index (χ4n) is 5.94. The lowest BCUT2D eigenvalue weighted by Gasteiger charge is -2.38. The van der Waals surface area contributed by atoms with Gasteiger partial charge < -0.3 is 0 Å². The first kappa shape index (κ1) is 24.7. The van der Waals surface area contributed by atoms with E-state index in [4.69, 9.17) is 0 Å². The number of fused-ring (bicyclic) bond motifs is 6. The van der Waals surface area contributed by atoms with Crippen LogP contribution in [-0.4, -0.2) is 4.57 Å². The van der Waals surface area contributed by atoms with E-state index in [2.05, 4.69) is 121 Å². The molecule has 1 aliphatic carbocycles. The highest BCUT2D eigenvalue weighted by molar-refractivity contribution is 5.81. The molecule has 0 aromatic carbocycles. The number of allylic oxidation sites excluding steroid dienone is 8. The number of imidazole rings is 1. The van der Waals surface area contributed by atoms with Crippen LogP contribution in [0, 0.1) is 16.7 Å². The molecule has 2 aromatic rings. The molecule has 2 aromatic heterocycles. The van der Waals surface area contributed by atoms with E-state index in [0.717, 1.165) is 13.0 Å². The Morgan fingerprint density at radius 1 is 1.09 bits per heavy atom. The first-order chi connectivity index (χ1) is 15.7. The minimum Gasteiger partial charge on any atom is -0.220 e. The molecule has 3 heterocycles. The molecule has 1 unspecified atom stereocenters. The molecule has 0 spiro atoms. The second-order valence-electron chi connectivity index (χ2n) is 12.4. The third-order valence-electron chi connectivity index (χ3n) is 8.77. The predicted molar refractivity (Wildman–Crippen MR) is 144 cm³/mol. The largest absolute Gasteiger partial charge is 0.360 e. The van der Waals surface area contributed by atoms with Gasteiger partial charge >= 0.3 is 5.65 Å². The van der Waals surface area contributed by atoms with Gasteiger partial charge in [-0.1, -0.05) is 59.3 Å². The fourth-order valence-corrected chi connectivity index (χ4v) is 5.94. The average Bonchev–Trinajstić information content (AvgIpc) is 3.29. The van der Waals surface area contributed by atoms with Crippen molar-refractivity contribution in [1.82, 2.24) is 4.57 Å². The molecule has 3 nitrogen and oxygen atoms in total. The van der Waals surface area contributed by atoms with E-state index in [9.17, 15) is 0 Å². The van der Waals surface area contributed by atoms with Crippen LogP contribution in [-0.2, 0) is 20.0 Å². The van der Waals surface area contributed by atoms with Crippen LogP contribution < -0.4 is 8.97 Å². The molecule has 1 aliphatic heterocycles. The van der Waals surface area contributed by atoms with Gasteiger partial charge in [-0.3, -0.25) is 0 Å². The normalized spacial score (nSPS) is 18.6. The molecule has 0 radical (unpaired) electrons. The zero-order valence-corrected chi connectivity index (χ0v) is 23.6. The minimum absolute atomic E-state index is 0.0428. The number of nitrogens with zero attached hydrogens (tertiary/aromatic N) is 3. The maximum Gasteiger partial charge on any atom is 0.360 e. The Labute approximate surface area is 207 Å². The van der Waals surface area contributed by atoms with E-state index < -0.39 is 0 Å². The lowest BCUT2D eigenvalue weighted by atomic mass is 9.64. The monoisotopic (exact) mass is 459 g/mol. The van der Waals surface area contributed by atoms with Crippen LogP contribution in [0.3, 0.4) is 0 Å². The number of aromatic nitrogens is 3. The number of hydrogen-bond donors (Lipinski definition) is 0. The summed E-state index contributed by atoms with van der Waals surface area (Å²) >= 11 is 0. The van der Waals surface area contributed by atoms with Crippen LogP contribution in [0.4, 0.5) is 0 Å². The summed E-state index contributed by atoms with van der Waals surface area (Å²) in [6, 6.07) is 0. The fraction of sp³-hybridized carbons (Fsp3) is 0.548. The van der Waals surface area contributed by atoms with Gasteiger partial charge in [-0.25, -0.2) is 4.57 Å². The van der Waals surface area contributed by atoms with Gasteiger partial charge in [0, 0.05) is 23.0 Å². The first-order valence-corrected chi connectivity index (χ1v) is 12.9. The lowest BCUT2D eigenvalue weighted by Crippen LogP contribution is -2.49. The summed E-state index contributed by atoms with van der Waals surface area (Å²) in [4.78, 5) is 0. The second-order valence-corrected chi connectivity index (χ2v) is 12.4. The van der Waals surface area contributed by atoms with Crippen LogP contribution in [0.5, 0.6) is 0 Å². The van der Waals surface area contributed by atoms with E-state index in [-0.39, 0.29) is 10.8 Å². The van der Waals surface area contributed by atoms with Crippen LogP contribution >= 0.6 is 0 Å². The standard InChI is InChI=1S/C31H45N3/c1-13-21(5)26(19(2)3)25-18-34-27-22(6)16-20(4)17-24(27)33-15-14-23(28(33)29(34)32(25)12)31(10,11)30(7,8)9/h13-14,16,18,20H,15,17H2,1-12H3/q+2/b21-13-. The Kier molecular flexibility index (Phi) is 5.86. The Bertz CT molecular complexity index is 1310. The Morgan fingerprint density at radius 2 is 1.74 bits per heavy atom. The molecule has 34 heavy (non-hydrogen) atoms. The van der Waals surface area contributed by atoms with Gasteiger partial charge in [-0.2, -0.15) is 8.97 Å². The number of aryl methyl sites for hydroxylation is 1. The van der Waals surface area contributed by atoms with Crippen LogP contribution in [0.25, 0.3) is 22.4 Å². The molecule has 0 bridgehead atoms. The summed E-state index contributed by atoms with van der Waals surface area (Å²) in [6.45, 7) is 26.4.